The molecule has 2 atom stereocenters. The molecule has 114 valence electrons. The van der Waals surface area contributed by atoms with Crippen molar-refractivity contribution in [2.75, 3.05) is 33.3 Å². The van der Waals surface area contributed by atoms with Crippen LogP contribution < -0.4 is 5.32 Å². The van der Waals surface area contributed by atoms with Crippen LogP contribution in [0.3, 0.4) is 0 Å². The third kappa shape index (κ3) is 2.71. The smallest absolute Gasteiger partial charge is 0.244 e. The number of rotatable bonds is 4. The number of nitrogens with one attached hydrogen (secondary N) is 1. The lowest BCUT2D eigenvalue weighted by Gasteiger charge is -2.34. The fourth-order valence-corrected chi connectivity index (χ4v) is 3.40. The van der Waals surface area contributed by atoms with E-state index in [2.05, 4.69) is 36.0 Å². The Morgan fingerprint density at radius 3 is 2.80 bits per heavy atom. The zero-order valence-corrected chi connectivity index (χ0v) is 12.9. The molecule has 2 aliphatic heterocycles. The topological polar surface area (TPSA) is 44.8 Å². The second-order valence-corrected chi connectivity index (χ2v) is 7.08. The van der Waals surface area contributed by atoms with E-state index in [-0.39, 0.29) is 17.8 Å². The minimum absolute atomic E-state index is 0.156. The van der Waals surface area contributed by atoms with Gasteiger partial charge in [-0.2, -0.15) is 0 Å². The van der Waals surface area contributed by atoms with Gasteiger partial charge < -0.3 is 14.5 Å². The van der Waals surface area contributed by atoms with Crippen LogP contribution in [0.5, 0.6) is 0 Å². The molecule has 1 N–H and O–H groups in total. The van der Waals surface area contributed by atoms with Crippen LogP contribution >= 0.6 is 0 Å². The Hall–Kier alpha value is -0.650. The summed E-state index contributed by atoms with van der Waals surface area (Å²) in [7, 11) is 2.12. The van der Waals surface area contributed by atoms with Crippen molar-refractivity contribution in [3.8, 4) is 0 Å². The summed E-state index contributed by atoms with van der Waals surface area (Å²) in [6.07, 6.45) is 3.38. The lowest BCUT2D eigenvalue weighted by atomic mass is 10.1. The fourth-order valence-electron chi connectivity index (χ4n) is 3.40. The van der Waals surface area contributed by atoms with Gasteiger partial charge in [0.2, 0.25) is 5.91 Å². The molecule has 2 saturated heterocycles. The number of amides is 1. The predicted molar refractivity (Wildman–Crippen MR) is 77.3 cm³/mol. The van der Waals surface area contributed by atoms with Gasteiger partial charge in [0.15, 0.2) is 0 Å². The Labute approximate surface area is 121 Å². The molecule has 0 aromatic rings. The standard InChI is InChI=1S/C15H27N3O2/c1-11(2)8-13-16-15(4-5-15)14(19)18(13)10-12-9-17(3)6-7-20-12/h11-13,16H,4-10H2,1-3H3. The zero-order chi connectivity index (χ0) is 14.3. The van der Waals surface area contributed by atoms with Crippen LogP contribution in [0, 0.1) is 5.92 Å². The van der Waals surface area contributed by atoms with Crippen molar-refractivity contribution in [1.29, 1.82) is 0 Å². The van der Waals surface area contributed by atoms with Crippen molar-refractivity contribution in [2.24, 2.45) is 5.92 Å². The average Bonchev–Trinajstić information content (AvgIpc) is 3.10. The van der Waals surface area contributed by atoms with Crippen LogP contribution in [-0.2, 0) is 9.53 Å². The number of carbonyl (C=O) groups excluding carboxylic acids is 1. The van der Waals surface area contributed by atoms with Crippen LogP contribution in [0.15, 0.2) is 0 Å². The van der Waals surface area contributed by atoms with E-state index in [4.69, 9.17) is 4.74 Å². The molecule has 20 heavy (non-hydrogen) atoms. The van der Waals surface area contributed by atoms with Crippen molar-refractivity contribution in [3.05, 3.63) is 0 Å². The lowest BCUT2D eigenvalue weighted by Crippen LogP contribution is -2.49. The van der Waals surface area contributed by atoms with E-state index >= 15 is 0 Å². The Bertz CT molecular complexity index is 381. The molecule has 1 aliphatic carbocycles. The maximum absolute atomic E-state index is 12.6. The lowest BCUT2D eigenvalue weighted by molar-refractivity contribution is -0.134. The van der Waals surface area contributed by atoms with Gasteiger partial charge >= 0.3 is 0 Å². The SMILES string of the molecule is CC(C)CC1NC2(CC2)C(=O)N1CC1CN(C)CCO1. The predicted octanol–water partition coefficient (Wildman–Crippen LogP) is 0.654. The van der Waals surface area contributed by atoms with Crippen molar-refractivity contribution in [3.63, 3.8) is 0 Å². The van der Waals surface area contributed by atoms with Gasteiger partial charge in [-0.05, 0) is 32.2 Å². The maximum Gasteiger partial charge on any atom is 0.244 e. The molecular weight excluding hydrogens is 254 g/mol. The summed E-state index contributed by atoms with van der Waals surface area (Å²) in [5.74, 6) is 0.895. The number of nitrogens with zero attached hydrogens (tertiary/aromatic N) is 2. The third-order valence-corrected chi connectivity index (χ3v) is 4.68. The maximum atomic E-state index is 12.6. The molecule has 1 amide bonds. The van der Waals surface area contributed by atoms with Gasteiger partial charge in [0.25, 0.3) is 0 Å². The third-order valence-electron chi connectivity index (χ3n) is 4.68. The summed E-state index contributed by atoms with van der Waals surface area (Å²) in [4.78, 5) is 17.0. The van der Waals surface area contributed by atoms with Gasteiger partial charge in [-0.3, -0.25) is 10.1 Å². The van der Waals surface area contributed by atoms with Crippen LogP contribution in [-0.4, -0.2) is 66.8 Å². The molecule has 3 rings (SSSR count). The summed E-state index contributed by atoms with van der Waals surface area (Å²) < 4.78 is 5.84. The highest BCUT2D eigenvalue weighted by atomic mass is 16.5. The van der Waals surface area contributed by atoms with Crippen molar-refractivity contribution in [1.82, 2.24) is 15.1 Å². The molecule has 2 heterocycles. The van der Waals surface area contributed by atoms with Crippen molar-refractivity contribution >= 4 is 5.91 Å². The molecular formula is C15H27N3O2. The molecule has 0 radical (unpaired) electrons. The minimum Gasteiger partial charge on any atom is -0.374 e. The van der Waals surface area contributed by atoms with Crippen molar-refractivity contribution in [2.45, 2.75) is 50.9 Å². The monoisotopic (exact) mass is 281 g/mol. The molecule has 1 spiro atoms. The molecule has 5 nitrogen and oxygen atoms in total. The summed E-state index contributed by atoms with van der Waals surface area (Å²) in [5, 5.41) is 3.58. The Kier molecular flexibility index (Phi) is 3.77. The summed E-state index contributed by atoms with van der Waals surface area (Å²) in [5.41, 5.74) is -0.208. The quantitative estimate of drug-likeness (QED) is 0.822. The summed E-state index contributed by atoms with van der Waals surface area (Å²) in [6, 6.07) is 0. The first-order valence-electron chi connectivity index (χ1n) is 7.89. The number of hydrogen-bond acceptors (Lipinski definition) is 4. The first-order valence-corrected chi connectivity index (χ1v) is 7.89. The highest BCUT2D eigenvalue weighted by molar-refractivity contribution is 5.91. The number of carbonyl (C=O) groups is 1. The highest BCUT2D eigenvalue weighted by Gasteiger charge is 2.59. The summed E-state index contributed by atoms with van der Waals surface area (Å²) >= 11 is 0. The van der Waals surface area contributed by atoms with E-state index in [1.807, 2.05) is 0 Å². The number of likely N-dealkylation sites (N-methyl/N-ethyl adjacent to an activating group) is 1. The Balaban J connectivity index is 1.66. The van der Waals surface area contributed by atoms with Gasteiger partial charge in [-0.1, -0.05) is 13.8 Å². The van der Waals surface area contributed by atoms with E-state index in [1.165, 1.54) is 0 Å². The van der Waals surface area contributed by atoms with Gasteiger partial charge in [-0.25, -0.2) is 0 Å². The van der Waals surface area contributed by atoms with E-state index in [0.29, 0.717) is 11.8 Å². The van der Waals surface area contributed by atoms with Crippen LogP contribution in [0.2, 0.25) is 0 Å². The number of morpholine rings is 1. The van der Waals surface area contributed by atoms with E-state index in [1.54, 1.807) is 0 Å². The molecule has 0 aromatic heterocycles. The summed E-state index contributed by atoms with van der Waals surface area (Å²) in [6.45, 7) is 7.85. The Morgan fingerprint density at radius 2 is 2.20 bits per heavy atom. The first kappa shape index (κ1) is 14.3. The second kappa shape index (κ2) is 5.28. The first-order chi connectivity index (χ1) is 9.50. The molecule has 1 saturated carbocycles. The Morgan fingerprint density at radius 1 is 1.45 bits per heavy atom. The minimum atomic E-state index is -0.208. The molecule has 5 heteroatoms. The van der Waals surface area contributed by atoms with Gasteiger partial charge in [0.1, 0.15) is 0 Å². The van der Waals surface area contributed by atoms with E-state index < -0.39 is 0 Å². The second-order valence-electron chi connectivity index (χ2n) is 7.08. The van der Waals surface area contributed by atoms with Crippen LogP contribution in [0.4, 0.5) is 0 Å². The molecule has 3 aliphatic rings. The average molecular weight is 281 g/mol. The largest absolute Gasteiger partial charge is 0.374 e. The van der Waals surface area contributed by atoms with Gasteiger partial charge in [-0.15, -0.1) is 0 Å². The molecule has 0 bridgehead atoms. The van der Waals surface area contributed by atoms with E-state index in [0.717, 1.165) is 45.5 Å². The zero-order valence-electron chi connectivity index (χ0n) is 12.9. The highest BCUT2D eigenvalue weighted by Crippen LogP contribution is 2.43. The van der Waals surface area contributed by atoms with Crippen LogP contribution in [0.25, 0.3) is 0 Å². The fraction of sp³-hybridized carbons (Fsp3) is 0.933. The van der Waals surface area contributed by atoms with Crippen molar-refractivity contribution < 1.29 is 9.53 Å². The van der Waals surface area contributed by atoms with Gasteiger partial charge in [0.05, 0.1) is 24.4 Å². The normalized spacial score (nSPS) is 33.4. The van der Waals surface area contributed by atoms with E-state index in [9.17, 15) is 4.79 Å². The number of hydrogen-bond donors (Lipinski definition) is 1. The van der Waals surface area contributed by atoms with Crippen LogP contribution in [0.1, 0.15) is 33.1 Å². The molecule has 2 unspecified atom stereocenters. The molecule has 3 fully saturated rings. The number of ether oxygens (including phenoxy) is 1. The molecule has 0 aromatic carbocycles. The van der Waals surface area contributed by atoms with Gasteiger partial charge in [0, 0.05) is 19.6 Å².